The van der Waals surface area contributed by atoms with Gasteiger partial charge in [0.05, 0.1) is 41.0 Å². The second-order valence-corrected chi connectivity index (χ2v) is 9.48. The number of terminal acetylenes is 1. The van der Waals surface area contributed by atoms with Crippen molar-refractivity contribution in [1.82, 2.24) is 16.1 Å². The third-order valence-electron chi connectivity index (χ3n) is 5.43. The number of hydrogen-bond donors (Lipinski definition) is 4. The van der Waals surface area contributed by atoms with E-state index in [2.05, 4.69) is 43.0 Å². The molecule has 2 amide bonds. The number of rotatable bonds is 12. The Morgan fingerprint density at radius 1 is 1.30 bits per heavy atom. The number of aliphatic hydroxyl groups is 1. The molecule has 2 aromatic rings. The van der Waals surface area contributed by atoms with Gasteiger partial charge < -0.3 is 34.7 Å². The summed E-state index contributed by atoms with van der Waals surface area (Å²) in [6.07, 6.45) is 5.52. The van der Waals surface area contributed by atoms with Gasteiger partial charge in [0.1, 0.15) is 13.2 Å². The van der Waals surface area contributed by atoms with Gasteiger partial charge in [-0.15, -0.1) is 6.42 Å². The molecule has 1 aliphatic heterocycles. The third-order valence-corrected chi connectivity index (χ3v) is 6.30. The molecular formula is C27H28BrClN4O7. The highest BCUT2D eigenvalue weighted by molar-refractivity contribution is 9.10. The lowest BCUT2D eigenvalue weighted by Gasteiger charge is -2.28. The van der Waals surface area contributed by atoms with Gasteiger partial charge in [0, 0.05) is 5.70 Å². The number of halogens is 2. The molecule has 0 aromatic heterocycles. The number of carbonyl (C=O) groups excluding carboxylic acids is 2. The molecule has 0 saturated carbocycles. The number of methoxy groups -OCH3 is 1. The molecule has 0 radical (unpaired) electrons. The number of nitrogens with one attached hydrogen (secondary N) is 3. The second kappa shape index (κ2) is 14.5. The molecule has 2 atom stereocenters. The molecular weight excluding hydrogens is 608 g/mol. The van der Waals surface area contributed by atoms with Gasteiger partial charge in [-0.25, -0.2) is 9.59 Å². The average Bonchev–Trinajstić information content (AvgIpc) is 2.91. The Morgan fingerprint density at radius 2 is 2.08 bits per heavy atom. The maximum Gasteiger partial charge on any atom is 0.337 e. The molecule has 11 nitrogen and oxygen atoms in total. The predicted octanol–water partition coefficient (Wildman–Crippen LogP) is 3.64. The number of aliphatic hydroxyl groups excluding tert-OH is 1. The van der Waals surface area contributed by atoms with Gasteiger partial charge in [-0.2, -0.15) is 5.10 Å². The fourth-order valence-electron chi connectivity index (χ4n) is 3.73. The van der Waals surface area contributed by atoms with Crippen LogP contribution in [0.4, 0.5) is 4.79 Å². The summed E-state index contributed by atoms with van der Waals surface area (Å²) in [6.45, 7) is 3.65. The van der Waals surface area contributed by atoms with Crippen LogP contribution in [0.2, 0.25) is 5.02 Å². The molecule has 40 heavy (non-hydrogen) atoms. The van der Waals surface area contributed by atoms with Crippen molar-refractivity contribution in [3.8, 4) is 29.6 Å². The Hall–Kier alpha value is -3.92. The van der Waals surface area contributed by atoms with Crippen molar-refractivity contribution in [2.75, 3.05) is 26.9 Å². The van der Waals surface area contributed by atoms with Crippen LogP contribution < -0.4 is 30.3 Å². The van der Waals surface area contributed by atoms with E-state index in [9.17, 15) is 14.7 Å². The van der Waals surface area contributed by atoms with Crippen molar-refractivity contribution >= 4 is 45.7 Å². The minimum Gasteiger partial charge on any atom is -0.490 e. The van der Waals surface area contributed by atoms with Gasteiger partial charge in [0.2, 0.25) is 0 Å². The predicted molar refractivity (Wildman–Crippen MR) is 152 cm³/mol. The molecule has 3 rings (SSSR count). The summed E-state index contributed by atoms with van der Waals surface area (Å²) in [5, 5.41) is 20.0. The van der Waals surface area contributed by atoms with E-state index in [1.165, 1.54) is 13.3 Å². The average molecular weight is 636 g/mol. The number of esters is 1. The van der Waals surface area contributed by atoms with Crippen LogP contribution in [-0.2, 0) is 9.53 Å². The minimum absolute atomic E-state index is 0.0765. The van der Waals surface area contributed by atoms with Crippen LogP contribution >= 0.6 is 27.5 Å². The summed E-state index contributed by atoms with van der Waals surface area (Å²) in [5.74, 6) is 2.92. The van der Waals surface area contributed by atoms with E-state index >= 15 is 0 Å². The number of nitrogens with zero attached hydrogens (tertiary/aromatic N) is 1. The Balaban J connectivity index is 1.68. The second-order valence-electron chi connectivity index (χ2n) is 8.22. The monoisotopic (exact) mass is 634 g/mol. The molecule has 212 valence electrons. The SMILES string of the molecule is C#CCOc1c(Cl)cc(/C=N\N[C@@H](O)COc2ccc([C@@H]3NC(=O)NC(C)=C3C(=O)OC)cc2OCC)cc1Br. The quantitative estimate of drug-likeness (QED) is 0.0912. The molecule has 2 aromatic carbocycles. The largest absolute Gasteiger partial charge is 0.490 e. The van der Waals surface area contributed by atoms with Crippen LogP contribution in [0.15, 0.2) is 51.2 Å². The number of urea groups is 1. The number of carbonyl (C=O) groups is 2. The number of hydrazone groups is 1. The zero-order valence-electron chi connectivity index (χ0n) is 21.9. The molecule has 0 bridgehead atoms. The summed E-state index contributed by atoms with van der Waals surface area (Å²) in [6, 6.07) is 7.11. The molecule has 4 N–H and O–H groups in total. The molecule has 0 spiro atoms. The summed E-state index contributed by atoms with van der Waals surface area (Å²) in [4.78, 5) is 24.5. The van der Waals surface area contributed by atoms with Gasteiger partial charge in [0.25, 0.3) is 0 Å². The molecule has 1 heterocycles. The van der Waals surface area contributed by atoms with Crippen molar-refractivity contribution in [3.63, 3.8) is 0 Å². The molecule has 0 fully saturated rings. The van der Waals surface area contributed by atoms with Crippen LogP contribution in [0.25, 0.3) is 0 Å². The van der Waals surface area contributed by atoms with Crippen LogP contribution in [0.3, 0.4) is 0 Å². The Morgan fingerprint density at radius 3 is 2.75 bits per heavy atom. The highest BCUT2D eigenvalue weighted by Crippen LogP contribution is 2.35. The van der Waals surface area contributed by atoms with Crippen LogP contribution in [-0.4, -0.2) is 56.5 Å². The van der Waals surface area contributed by atoms with Gasteiger partial charge in [-0.1, -0.05) is 23.6 Å². The Labute approximate surface area is 245 Å². The summed E-state index contributed by atoms with van der Waals surface area (Å²) in [7, 11) is 1.27. The smallest absolute Gasteiger partial charge is 0.337 e. The van der Waals surface area contributed by atoms with Crippen molar-refractivity contribution in [2.24, 2.45) is 5.10 Å². The van der Waals surface area contributed by atoms with E-state index in [0.29, 0.717) is 50.2 Å². The Bertz CT molecular complexity index is 1340. The lowest BCUT2D eigenvalue weighted by molar-refractivity contribution is -0.136. The van der Waals surface area contributed by atoms with E-state index in [1.807, 2.05) is 0 Å². The topological polar surface area (TPSA) is 140 Å². The zero-order chi connectivity index (χ0) is 29.2. The number of ether oxygens (including phenoxy) is 4. The standard InChI is InChI=1S/C27H28BrClN4O7/c1-5-9-39-25-18(28)10-16(11-19(25)29)13-30-33-22(34)14-40-20-8-7-17(12-21(20)38-6-2)24-23(26(35)37-4)15(3)31-27(36)32-24/h1,7-8,10-13,22,24,33-34H,6,9,14H2,2-4H3,(H2,31,32,36)/b30-13-/t22-,24-/m0/s1. The molecule has 0 aliphatic carbocycles. The molecule has 13 heteroatoms. The highest BCUT2D eigenvalue weighted by atomic mass is 79.9. The first-order chi connectivity index (χ1) is 19.2. The van der Waals surface area contributed by atoms with E-state index < -0.39 is 24.3 Å². The fraction of sp³-hybridized carbons (Fsp3) is 0.296. The minimum atomic E-state index is -1.16. The number of amides is 2. The molecule has 0 saturated heterocycles. The van der Waals surface area contributed by atoms with Crippen molar-refractivity contribution in [1.29, 1.82) is 0 Å². The zero-order valence-corrected chi connectivity index (χ0v) is 24.3. The maximum absolute atomic E-state index is 12.4. The first-order valence-corrected chi connectivity index (χ1v) is 13.1. The lowest BCUT2D eigenvalue weighted by atomic mass is 9.95. The summed E-state index contributed by atoms with van der Waals surface area (Å²) in [5.41, 5.74) is 4.43. The normalized spacial score (nSPS) is 15.5. The van der Waals surface area contributed by atoms with E-state index in [4.69, 9.17) is 37.0 Å². The van der Waals surface area contributed by atoms with E-state index in [-0.39, 0.29) is 18.8 Å². The van der Waals surface area contributed by atoms with Gasteiger partial charge >= 0.3 is 12.0 Å². The number of allylic oxidation sites excluding steroid dienone is 1. The third kappa shape index (κ3) is 7.81. The summed E-state index contributed by atoms with van der Waals surface area (Å²) < 4.78 is 22.4. The number of hydrogen-bond acceptors (Lipinski definition) is 9. The first-order valence-electron chi connectivity index (χ1n) is 12.0. The number of benzene rings is 2. The van der Waals surface area contributed by atoms with Crippen molar-refractivity contribution < 1.29 is 33.6 Å². The molecule has 0 unspecified atom stereocenters. The van der Waals surface area contributed by atoms with Crippen LogP contribution in [0.1, 0.15) is 31.0 Å². The van der Waals surface area contributed by atoms with Crippen molar-refractivity contribution in [3.05, 3.63) is 62.2 Å². The van der Waals surface area contributed by atoms with E-state index in [1.54, 1.807) is 44.2 Å². The van der Waals surface area contributed by atoms with Gasteiger partial charge in [-0.3, -0.25) is 5.43 Å². The van der Waals surface area contributed by atoms with Gasteiger partial charge in [-0.05, 0) is 65.2 Å². The first kappa shape index (κ1) is 30.6. The fourth-order valence-corrected chi connectivity index (χ4v) is 4.71. The maximum atomic E-state index is 12.4. The van der Waals surface area contributed by atoms with Crippen LogP contribution in [0, 0.1) is 12.3 Å². The lowest BCUT2D eigenvalue weighted by Crippen LogP contribution is -2.45. The van der Waals surface area contributed by atoms with Crippen molar-refractivity contribution in [2.45, 2.75) is 26.1 Å². The molecule has 1 aliphatic rings. The Kier molecular flexibility index (Phi) is 11.1. The summed E-state index contributed by atoms with van der Waals surface area (Å²) >= 11 is 9.62. The van der Waals surface area contributed by atoms with Crippen LogP contribution in [0.5, 0.6) is 17.2 Å². The van der Waals surface area contributed by atoms with Gasteiger partial charge in [0.15, 0.2) is 23.5 Å². The van der Waals surface area contributed by atoms with E-state index in [0.717, 1.165) is 0 Å². The highest BCUT2D eigenvalue weighted by Gasteiger charge is 2.32.